The number of aromatic nitrogens is 2. The maximum absolute atomic E-state index is 15.1. The summed E-state index contributed by atoms with van der Waals surface area (Å²) in [4.78, 5) is 20.2. The second-order valence-corrected chi connectivity index (χ2v) is 7.48. The van der Waals surface area contributed by atoms with Crippen LogP contribution in [0.2, 0.25) is 0 Å². The molecule has 3 aromatic rings. The molecule has 0 bridgehead atoms. The summed E-state index contributed by atoms with van der Waals surface area (Å²) in [5.41, 5.74) is 2.56. The number of carbonyl (C=O) groups is 1. The summed E-state index contributed by atoms with van der Waals surface area (Å²) in [6, 6.07) is 14.3. The van der Waals surface area contributed by atoms with Crippen LogP contribution in [-0.4, -0.2) is 22.1 Å². The van der Waals surface area contributed by atoms with Crippen molar-refractivity contribution in [2.24, 2.45) is 5.92 Å². The fourth-order valence-corrected chi connectivity index (χ4v) is 3.14. The van der Waals surface area contributed by atoms with Crippen molar-refractivity contribution in [2.75, 3.05) is 10.6 Å². The summed E-state index contributed by atoms with van der Waals surface area (Å²) < 4.78 is 20.9. The zero-order valence-electron chi connectivity index (χ0n) is 16.7. The fourth-order valence-electron chi connectivity index (χ4n) is 3.14. The average molecular weight is 406 g/mol. The molecule has 3 heterocycles. The Labute approximate surface area is 174 Å². The van der Waals surface area contributed by atoms with Gasteiger partial charge in [-0.05, 0) is 29.3 Å². The van der Waals surface area contributed by atoms with Crippen LogP contribution in [0.1, 0.15) is 42.8 Å². The van der Waals surface area contributed by atoms with E-state index in [1.165, 1.54) is 0 Å². The summed E-state index contributed by atoms with van der Waals surface area (Å²) in [6.45, 7) is 3.64. The van der Waals surface area contributed by atoms with E-state index in [0.29, 0.717) is 22.6 Å². The molecule has 1 amide bonds. The molecular weight excluding hydrogens is 383 g/mol. The van der Waals surface area contributed by atoms with E-state index < -0.39 is 6.17 Å². The van der Waals surface area contributed by atoms with Gasteiger partial charge in [0.1, 0.15) is 11.9 Å². The highest BCUT2D eigenvalue weighted by Gasteiger charge is 2.41. The third kappa shape index (κ3) is 4.46. The molecule has 1 aliphatic heterocycles. The number of alkyl halides is 1. The summed E-state index contributed by atoms with van der Waals surface area (Å²) in [5.74, 6) is 0.251. The van der Waals surface area contributed by atoms with E-state index in [-0.39, 0.29) is 24.2 Å². The van der Waals surface area contributed by atoms with Crippen LogP contribution >= 0.6 is 0 Å². The van der Waals surface area contributed by atoms with Crippen molar-refractivity contribution in [3.63, 3.8) is 0 Å². The van der Waals surface area contributed by atoms with E-state index >= 15 is 4.39 Å². The van der Waals surface area contributed by atoms with E-state index in [9.17, 15) is 4.79 Å². The van der Waals surface area contributed by atoms with Crippen LogP contribution in [0.4, 0.5) is 15.9 Å². The summed E-state index contributed by atoms with van der Waals surface area (Å²) in [7, 11) is 0. The first kappa shape index (κ1) is 20.0. The van der Waals surface area contributed by atoms with E-state index in [4.69, 9.17) is 4.74 Å². The Kier molecular flexibility index (Phi) is 5.72. The highest BCUT2D eigenvalue weighted by molar-refractivity contribution is 5.91. The van der Waals surface area contributed by atoms with Crippen molar-refractivity contribution in [1.82, 2.24) is 9.97 Å². The fraction of sp³-hybridized carbons (Fsp3) is 0.261. The number of anilines is 2. The summed E-state index contributed by atoms with van der Waals surface area (Å²) in [5, 5.41) is 6.02. The van der Waals surface area contributed by atoms with Crippen LogP contribution in [0.15, 0.2) is 67.1 Å². The van der Waals surface area contributed by atoms with Crippen molar-refractivity contribution in [2.45, 2.75) is 32.4 Å². The lowest BCUT2D eigenvalue weighted by atomic mass is 10.0. The number of hydrogen-bond donors (Lipinski definition) is 2. The molecule has 7 heteroatoms. The van der Waals surface area contributed by atoms with Gasteiger partial charge in [0.15, 0.2) is 12.4 Å². The smallest absolute Gasteiger partial charge is 0.228 e. The Morgan fingerprint density at radius 1 is 1.13 bits per heavy atom. The minimum absolute atomic E-state index is 0.0964. The molecule has 3 atom stereocenters. The minimum atomic E-state index is -1.27. The SMILES string of the molecule is CC(C)C(=O)Nc1cc(C2OC2Nc2cnccc2C(F)c2ccccc2)ccn1. The molecule has 30 heavy (non-hydrogen) atoms. The Morgan fingerprint density at radius 3 is 2.70 bits per heavy atom. The third-order valence-corrected chi connectivity index (χ3v) is 4.90. The van der Waals surface area contributed by atoms with Gasteiger partial charge in [0.05, 0.1) is 11.9 Å². The van der Waals surface area contributed by atoms with Gasteiger partial charge in [0, 0.05) is 23.9 Å². The van der Waals surface area contributed by atoms with Crippen LogP contribution in [-0.2, 0) is 9.53 Å². The molecular formula is C23H23FN4O2. The Bertz CT molecular complexity index is 1030. The van der Waals surface area contributed by atoms with E-state index in [0.717, 1.165) is 5.56 Å². The first-order chi connectivity index (χ1) is 14.5. The van der Waals surface area contributed by atoms with Crippen molar-refractivity contribution < 1.29 is 13.9 Å². The van der Waals surface area contributed by atoms with Crippen molar-refractivity contribution in [1.29, 1.82) is 0 Å². The molecule has 4 rings (SSSR count). The van der Waals surface area contributed by atoms with E-state index in [2.05, 4.69) is 20.6 Å². The predicted molar refractivity (Wildman–Crippen MR) is 113 cm³/mol. The molecule has 1 saturated heterocycles. The molecule has 1 aliphatic rings. The largest absolute Gasteiger partial charge is 0.356 e. The number of halogens is 1. The summed E-state index contributed by atoms with van der Waals surface area (Å²) in [6.07, 6.45) is 3.01. The maximum atomic E-state index is 15.1. The summed E-state index contributed by atoms with van der Waals surface area (Å²) >= 11 is 0. The minimum Gasteiger partial charge on any atom is -0.356 e. The molecule has 0 radical (unpaired) electrons. The number of benzene rings is 1. The highest BCUT2D eigenvalue weighted by atomic mass is 19.1. The zero-order chi connectivity index (χ0) is 21.1. The first-order valence-corrected chi connectivity index (χ1v) is 9.84. The number of amides is 1. The number of pyridine rings is 2. The molecule has 154 valence electrons. The lowest BCUT2D eigenvalue weighted by Crippen LogP contribution is -2.18. The number of carbonyl (C=O) groups excluding carboxylic acids is 1. The number of hydrogen-bond acceptors (Lipinski definition) is 5. The van der Waals surface area contributed by atoms with Gasteiger partial charge in [-0.1, -0.05) is 44.2 Å². The van der Waals surface area contributed by atoms with Gasteiger partial charge in [-0.15, -0.1) is 0 Å². The molecule has 1 fully saturated rings. The molecule has 0 saturated carbocycles. The van der Waals surface area contributed by atoms with Crippen molar-refractivity contribution in [3.05, 3.63) is 83.8 Å². The monoisotopic (exact) mass is 406 g/mol. The lowest BCUT2D eigenvalue weighted by molar-refractivity contribution is -0.118. The van der Waals surface area contributed by atoms with Gasteiger partial charge < -0.3 is 15.4 Å². The molecule has 6 nitrogen and oxygen atoms in total. The molecule has 1 aromatic carbocycles. The van der Waals surface area contributed by atoms with Crippen LogP contribution < -0.4 is 10.6 Å². The van der Waals surface area contributed by atoms with Gasteiger partial charge >= 0.3 is 0 Å². The molecule has 0 spiro atoms. The Morgan fingerprint density at radius 2 is 1.93 bits per heavy atom. The Hall–Kier alpha value is -3.32. The molecule has 2 aromatic heterocycles. The third-order valence-electron chi connectivity index (χ3n) is 4.90. The number of ether oxygens (including phenoxy) is 1. The van der Waals surface area contributed by atoms with Gasteiger partial charge in [0.25, 0.3) is 0 Å². The predicted octanol–water partition coefficient (Wildman–Crippen LogP) is 4.64. The second-order valence-electron chi connectivity index (χ2n) is 7.48. The quantitative estimate of drug-likeness (QED) is 0.559. The van der Waals surface area contributed by atoms with Gasteiger partial charge in [-0.3, -0.25) is 9.78 Å². The standard InChI is InChI=1S/C23H23FN4O2/c1-14(2)22(29)28-19-12-16(8-11-26-19)21-23(30-21)27-18-13-25-10-9-17(18)20(24)15-6-4-3-5-7-15/h3-14,20-21,23,27H,1-2H3,(H,26,28,29). The Balaban J connectivity index is 1.46. The van der Waals surface area contributed by atoms with Gasteiger partial charge in [-0.25, -0.2) is 9.37 Å². The van der Waals surface area contributed by atoms with Crippen LogP contribution in [0, 0.1) is 5.92 Å². The van der Waals surface area contributed by atoms with E-state index in [1.807, 2.05) is 38.1 Å². The zero-order valence-corrected chi connectivity index (χ0v) is 16.7. The average Bonchev–Trinajstić information content (AvgIpc) is 3.53. The second kappa shape index (κ2) is 8.59. The highest BCUT2D eigenvalue weighted by Crippen LogP contribution is 2.41. The van der Waals surface area contributed by atoms with Crippen molar-refractivity contribution in [3.8, 4) is 0 Å². The van der Waals surface area contributed by atoms with Crippen LogP contribution in [0.25, 0.3) is 0 Å². The van der Waals surface area contributed by atoms with Crippen LogP contribution in [0.3, 0.4) is 0 Å². The van der Waals surface area contributed by atoms with Crippen LogP contribution in [0.5, 0.6) is 0 Å². The normalized spacial score (nSPS) is 18.7. The number of nitrogens with zero attached hydrogens (tertiary/aromatic N) is 2. The molecule has 2 N–H and O–H groups in total. The topological polar surface area (TPSA) is 79.4 Å². The number of rotatable bonds is 7. The lowest BCUT2D eigenvalue weighted by Gasteiger charge is -2.14. The van der Waals surface area contributed by atoms with Gasteiger partial charge in [-0.2, -0.15) is 0 Å². The van der Waals surface area contributed by atoms with Gasteiger partial charge in [0.2, 0.25) is 5.91 Å². The van der Waals surface area contributed by atoms with E-state index in [1.54, 1.807) is 42.9 Å². The number of nitrogens with one attached hydrogen (secondary N) is 2. The van der Waals surface area contributed by atoms with Crippen molar-refractivity contribution >= 4 is 17.4 Å². The first-order valence-electron chi connectivity index (χ1n) is 9.84. The molecule has 0 aliphatic carbocycles. The molecule has 3 unspecified atom stereocenters. The number of epoxide rings is 1. The maximum Gasteiger partial charge on any atom is 0.228 e.